The first kappa shape index (κ1) is 78.3. The van der Waals surface area contributed by atoms with Gasteiger partial charge in [-0.1, -0.05) is 330 Å². The Balaban J connectivity index is 4.41. The highest BCUT2D eigenvalue weighted by Gasteiger charge is 2.19. The Hall–Kier alpha value is -3.67. The molecule has 0 radical (unpaired) electrons. The molecule has 0 amide bonds. The average Bonchev–Trinajstić information content (AvgIpc) is 3.47. The first-order chi connectivity index (χ1) is 40.5. The molecule has 6 heteroatoms. The van der Waals surface area contributed by atoms with Gasteiger partial charge < -0.3 is 14.2 Å². The van der Waals surface area contributed by atoms with E-state index in [9.17, 15) is 14.4 Å². The predicted octanol–water partition coefficient (Wildman–Crippen LogP) is 24.4. The normalized spacial score (nSPS) is 12.7. The Bertz CT molecular complexity index is 1590. The first-order valence-corrected chi connectivity index (χ1v) is 35.2. The number of esters is 3. The molecule has 472 valence electrons. The molecule has 82 heavy (non-hydrogen) atoms. The highest BCUT2D eigenvalue weighted by atomic mass is 16.6. The highest BCUT2D eigenvalue weighted by molar-refractivity contribution is 5.71. The molecular weight excluding hydrogens is 1010 g/mol. The van der Waals surface area contributed by atoms with Crippen LogP contribution in [0.5, 0.6) is 0 Å². The third kappa shape index (κ3) is 67.1. The van der Waals surface area contributed by atoms with E-state index in [1.54, 1.807) is 0 Å². The number of rotatable bonds is 64. The Labute approximate surface area is 508 Å². The van der Waals surface area contributed by atoms with Gasteiger partial charge in [-0.15, -0.1) is 0 Å². The zero-order valence-corrected chi connectivity index (χ0v) is 54.2. The average molecular weight is 1140 g/mol. The lowest BCUT2D eigenvalue weighted by molar-refractivity contribution is -0.167. The number of carbonyl (C=O) groups excluding carboxylic acids is 3. The minimum absolute atomic E-state index is 0.101. The molecule has 0 N–H and O–H groups in total. The van der Waals surface area contributed by atoms with Crippen LogP contribution in [0.2, 0.25) is 0 Å². The molecule has 0 heterocycles. The molecule has 0 rings (SSSR count). The Morgan fingerprint density at radius 1 is 0.256 bits per heavy atom. The fourth-order valence-corrected chi connectivity index (χ4v) is 10.1. The van der Waals surface area contributed by atoms with Gasteiger partial charge in [-0.3, -0.25) is 14.4 Å². The van der Waals surface area contributed by atoms with Crippen molar-refractivity contribution in [3.63, 3.8) is 0 Å². The fraction of sp³-hybridized carbons (Fsp3) is 0.750. The van der Waals surface area contributed by atoms with Gasteiger partial charge >= 0.3 is 17.9 Å². The van der Waals surface area contributed by atoms with Gasteiger partial charge in [-0.2, -0.15) is 0 Å². The highest BCUT2D eigenvalue weighted by Crippen LogP contribution is 2.18. The number of unbranched alkanes of at least 4 members (excludes halogenated alkanes) is 37. The van der Waals surface area contributed by atoms with Crippen molar-refractivity contribution in [3.05, 3.63) is 97.2 Å². The van der Waals surface area contributed by atoms with Gasteiger partial charge in [0, 0.05) is 19.3 Å². The van der Waals surface area contributed by atoms with Gasteiger partial charge in [-0.05, 0) is 96.3 Å². The summed E-state index contributed by atoms with van der Waals surface area (Å²) in [5.41, 5.74) is 0. The van der Waals surface area contributed by atoms with Crippen molar-refractivity contribution in [1.82, 2.24) is 0 Å². The van der Waals surface area contributed by atoms with E-state index in [0.29, 0.717) is 19.3 Å². The minimum atomic E-state index is -0.813. The van der Waals surface area contributed by atoms with Crippen molar-refractivity contribution in [3.8, 4) is 0 Å². The van der Waals surface area contributed by atoms with E-state index in [4.69, 9.17) is 14.2 Å². The number of hydrogen-bond donors (Lipinski definition) is 0. The van der Waals surface area contributed by atoms with Gasteiger partial charge in [-0.25, -0.2) is 0 Å². The lowest BCUT2D eigenvalue weighted by atomic mass is 10.0. The van der Waals surface area contributed by atoms with E-state index in [1.807, 2.05) is 0 Å². The molecule has 1 atom stereocenters. The first-order valence-electron chi connectivity index (χ1n) is 35.2. The molecule has 6 nitrogen and oxygen atoms in total. The summed E-state index contributed by atoms with van der Waals surface area (Å²) in [6.45, 7) is 6.52. The van der Waals surface area contributed by atoms with Crippen LogP contribution in [0.15, 0.2) is 97.2 Å². The van der Waals surface area contributed by atoms with Crippen LogP contribution in [0, 0.1) is 0 Å². The minimum Gasteiger partial charge on any atom is -0.462 e. The number of allylic oxidation sites excluding steroid dienone is 16. The summed E-state index contributed by atoms with van der Waals surface area (Å²) >= 11 is 0. The molecule has 0 saturated carbocycles. The van der Waals surface area contributed by atoms with E-state index >= 15 is 0 Å². The summed E-state index contributed by atoms with van der Waals surface area (Å²) in [7, 11) is 0. The van der Waals surface area contributed by atoms with Gasteiger partial charge in [0.15, 0.2) is 6.10 Å². The molecule has 0 aromatic carbocycles. The van der Waals surface area contributed by atoms with Crippen molar-refractivity contribution < 1.29 is 28.6 Å². The lowest BCUT2D eigenvalue weighted by Crippen LogP contribution is -2.30. The van der Waals surface area contributed by atoms with Gasteiger partial charge in [0.2, 0.25) is 0 Å². The van der Waals surface area contributed by atoms with Gasteiger partial charge in [0.1, 0.15) is 13.2 Å². The maximum atomic E-state index is 12.9. The van der Waals surface area contributed by atoms with Crippen LogP contribution in [0.3, 0.4) is 0 Å². The third-order valence-electron chi connectivity index (χ3n) is 15.3. The summed E-state index contributed by atoms with van der Waals surface area (Å²) in [6.07, 6.45) is 94.4. The zero-order chi connectivity index (χ0) is 59.2. The van der Waals surface area contributed by atoms with Crippen LogP contribution in [-0.4, -0.2) is 37.2 Å². The quantitative estimate of drug-likeness (QED) is 0.0261. The maximum Gasteiger partial charge on any atom is 0.306 e. The van der Waals surface area contributed by atoms with Crippen LogP contribution in [-0.2, 0) is 28.6 Å². The zero-order valence-electron chi connectivity index (χ0n) is 54.2. The van der Waals surface area contributed by atoms with E-state index < -0.39 is 6.10 Å². The Kier molecular flexibility index (Phi) is 66.7. The Morgan fingerprint density at radius 2 is 0.488 bits per heavy atom. The smallest absolute Gasteiger partial charge is 0.306 e. The molecule has 0 aliphatic rings. The third-order valence-corrected chi connectivity index (χ3v) is 15.3. The topological polar surface area (TPSA) is 78.9 Å². The molecule has 0 aromatic heterocycles. The molecule has 0 bridgehead atoms. The van der Waals surface area contributed by atoms with Crippen LogP contribution >= 0.6 is 0 Å². The van der Waals surface area contributed by atoms with Crippen LogP contribution in [0.25, 0.3) is 0 Å². The van der Waals surface area contributed by atoms with E-state index in [2.05, 4.69) is 118 Å². The summed E-state index contributed by atoms with van der Waals surface area (Å²) in [4.78, 5) is 38.4. The molecule has 0 aliphatic carbocycles. The monoisotopic (exact) mass is 1140 g/mol. The van der Waals surface area contributed by atoms with Crippen LogP contribution in [0.1, 0.15) is 348 Å². The van der Waals surface area contributed by atoms with Crippen molar-refractivity contribution in [2.75, 3.05) is 13.2 Å². The second-order valence-corrected chi connectivity index (χ2v) is 23.4. The second kappa shape index (κ2) is 69.8. The standard InChI is InChI=1S/C76H132O6/c1-4-7-10-13-16-19-22-25-28-31-33-35-37-38-40-41-43-45-48-51-54-57-60-63-66-69-75(78)81-72-73(71-80-74(77)68-65-62-59-56-53-50-47-30-27-24-21-18-15-12-9-6-3)82-76(79)70-67-64-61-58-55-52-49-46-44-42-39-36-34-32-29-26-23-20-17-14-11-8-5-2/h8,11,17,20,26,29-30,34,36,42,44,47,49,52,58,61,73H,4-7,9-10,12-16,18-19,21-25,27-28,31-33,35,37-41,43,45-46,48,50-51,53-57,59-60,62-72H2,1-3H3/b11-8-,20-17-,29-26-,36-34-,44-42-,47-30-,52-49-,61-58-. The van der Waals surface area contributed by atoms with E-state index in [0.717, 1.165) is 96.3 Å². The van der Waals surface area contributed by atoms with Gasteiger partial charge in [0.25, 0.3) is 0 Å². The fourth-order valence-electron chi connectivity index (χ4n) is 10.1. The molecule has 0 saturated heterocycles. The molecule has 0 aromatic rings. The maximum absolute atomic E-state index is 12.9. The van der Waals surface area contributed by atoms with Crippen molar-refractivity contribution in [1.29, 1.82) is 0 Å². The number of carbonyl (C=O) groups is 3. The summed E-state index contributed by atoms with van der Waals surface area (Å²) in [5.74, 6) is -0.953. The largest absolute Gasteiger partial charge is 0.462 e. The SMILES string of the molecule is CC/C=C\C/C=C\C/C=C\C/C=C\C/C=C\C/C=C\C/C=C\CCCC(=O)OC(COC(=O)CCCCCCC/C=C\CCCCCCCCC)COC(=O)CCCCCCCCCCCCCCCCCCCCCCCCCCC. The van der Waals surface area contributed by atoms with Crippen molar-refractivity contribution in [2.24, 2.45) is 0 Å². The number of ether oxygens (including phenoxy) is 3. The van der Waals surface area contributed by atoms with Crippen molar-refractivity contribution >= 4 is 17.9 Å². The molecule has 0 fully saturated rings. The van der Waals surface area contributed by atoms with Gasteiger partial charge in [0.05, 0.1) is 0 Å². The molecule has 1 unspecified atom stereocenters. The van der Waals surface area contributed by atoms with Crippen molar-refractivity contribution in [2.45, 2.75) is 354 Å². The molecule has 0 spiro atoms. The lowest BCUT2D eigenvalue weighted by Gasteiger charge is -2.18. The second-order valence-electron chi connectivity index (χ2n) is 23.4. The Morgan fingerprint density at radius 3 is 0.793 bits per heavy atom. The summed E-state index contributed by atoms with van der Waals surface area (Å²) in [5, 5.41) is 0. The molecule has 0 aliphatic heterocycles. The summed E-state index contributed by atoms with van der Waals surface area (Å²) < 4.78 is 16.9. The molecular formula is C76H132O6. The van der Waals surface area contributed by atoms with Crippen LogP contribution in [0.4, 0.5) is 0 Å². The summed E-state index contributed by atoms with van der Waals surface area (Å²) in [6, 6.07) is 0. The van der Waals surface area contributed by atoms with E-state index in [1.165, 1.54) is 205 Å². The van der Waals surface area contributed by atoms with Crippen LogP contribution < -0.4 is 0 Å². The number of hydrogen-bond acceptors (Lipinski definition) is 6. The predicted molar refractivity (Wildman–Crippen MR) is 357 cm³/mol. The van der Waals surface area contributed by atoms with E-state index in [-0.39, 0.29) is 37.5 Å².